The first-order valence-electron chi connectivity index (χ1n) is 10.7. The molecule has 0 unspecified atom stereocenters. The van der Waals surface area contributed by atoms with Crippen LogP contribution >= 0.6 is 0 Å². The maximum Gasteiger partial charge on any atom is 0.255 e. The normalized spacial score (nSPS) is 10.9. The number of benzene rings is 1. The number of anilines is 1. The highest BCUT2D eigenvalue weighted by Crippen LogP contribution is 2.27. The van der Waals surface area contributed by atoms with Gasteiger partial charge in [-0.05, 0) is 43.7 Å². The number of hydrogen-bond donors (Lipinski definition) is 3. The van der Waals surface area contributed by atoms with Crippen molar-refractivity contribution < 1.29 is 14.3 Å². The van der Waals surface area contributed by atoms with Crippen LogP contribution in [-0.4, -0.2) is 46.3 Å². The van der Waals surface area contributed by atoms with Crippen LogP contribution in [0, 0.1) is 6.92 Å². The van der Waals surface area contributed by atoms with E-state index in [2.05, 4.69) is 32.4 Å². The van der Waals surface area contributed by atoms with Gasteiger partial charge in [0.2, 0.25) is 0 Å². The maximum absolute atomic E-state index is 12.9. The fourth-order valence-corrected chi connectivity index (χ4v) is 3.51. The number of aryl methyl sites for hydroxylation is 2. The minimum Gasteiger partial charge on any atom is -0.497 e. The van der Waals surface area contributed by atoms with Crippen LogP contribution in [-0.2, 0) is 6.42 Å². The first-order chi connectivity index (χ1) is 16.0. The average molecular weight is 447 g/mol. The molecule has 0 aliphatic rings. The summed E-state index contributed by atoms with van der Waals surface area (Å²) >= 11 is 0. The highest BCUT2D eigenvalue weighted by molar-refractivity contribution is 6.05. The summed E-state index contributed by atoms with van der Waals surface area (Å²) in [7, 11) is 1.53. The lowest BCUT2D eigenvalue weighted by Gasteiger charge is -2.12. The van der Waals surface area contributed by atoms with Crippen LogP contribution in [0.4, 0.5) is 5.69 Å². The smallest absolute Gasteiger partial charge is 0.255 e. The average Bonchev–Trinajstić information content (AvgIpc) is 3.26. The monoisotopic (exact) mass is 446 g/mol. The van der Waals surface area contributed by atoms with Crippen molar-refractivity contribution in [3.05, 3.63) is 59.5 Å². The number of carbonyl (C=O) groups excluding carboxylic acids is 1. The molecule has 0 radical (unpaired) electrons. The van der Waals surface area contributed by atoms with E-state index < -0.39 is 0 Å². The number of H-pyrrole nitrogens is 1. The van der Waals surface area contributed by atoms with Crippen molar-refractivity contribution in [1.82, 2.24) is 20.2 Å². The number of carbonyl (C=O) groups is 1. The third-order valence-corrected chi connectivity index (χ3v) is 5.24. The molecule has 0 aliphatic heterocycles. The standard InChI is InChI=1S/C24H26N6O3/c1-4-21-19-5-6-22(28-23(19)30-29-21)20-11-16(13-26-14(20)2)27-24(31)15-9-17(32-3)12-18(10-15)33-8-7-25/h5-6,9-13H,4,7-8,25H2,1-3H3,(H,27,31)(H,28,29,30). The molecule has 0 bridgehead atoms. The summed E-state index contributed by atoms with van der Waals surface area (Å²) in [6, 6.07) is 10.8. The zero-order chi connectivity index (χ0) is 23.4. The number of fused-ring (bicyclic) bond motifs is 1. The van der Waals surface area contributed by atoms with Gasteiger partial charge in [0.1, 0.15) is 18.1 Å². The summed E-state index contributed by atoms with van der Waals surface area (Å²) in [4.78, 5) is 22.1. The predicted molar refractivity (Wildman–Crippen MR) is 127 cm³/mol. The number of pyridine rings is 2. The molecule has 0 saturated heterocycles. The van der Waals surface area contributed by atoms with E-state index in [0.717, 1.165) is 34.5 Å². The second-order valence-electron chi connectivity index (χ2n) is 7.47. The molecule has 4 rings (SSSR count). The van der Waals surface area contributed by atoms with Gasteiger partial charge < -0.3 is 20.5 Å². The fraction of sp³-hybridized carbons (Fsp3) is 0.250. The molecule has 0 atom stereocenters. The molecule has 9 heteroatoms. The molecule has 170 valence electrons. The summed E-state index contributed by atoms with van der Waals surface area (Å²) in [6.07, 6.45) is 2.47. The van der Waals surface area contributed by atoms with E-state index in [-0.39, 0.29) is 5.91 Å². The Kier molecular flexibility index (Phi) is 6.50. The second-order valence-corrected chi connectivity index (χ2v) is 7.47. The van der Waals surface area contributed by atoms with Gasteiger partial charge in [-0.1, -0.05) is 6.92 Å². The van der Waals surface area contributed by atoms with Crippen molar-refractivity contribution in [2.45, 2.75) is 20.3 Å². The van der Waals surface area contributed by atoms with E-state index in [4.69, 9.17) is 15.2 Å². The van der Waals surface area contributed by atoms with Gasteiger partial charge >= 0.3 is 0 Å². The highest BCUT2D eigenvalue weighted by atomic mass is 16.5. The summed E-state index contributed by atoms with van der Waals surface area (Å²) in [5.41, 5.74) is 10.5. The van der Waals surface area contributed by atoms with E-state index >= 15 is 0 Å². The predicted octanol–water partition coefficient (Wildman–Crippen LogP) is 3.49. The molecule has 0 saturated carbocycles. The zero-order valence-corrected chi connectivity index (χ0v) is 18.8. The van der Waals surface area contributed by atoms with Gasteiger partial charge in [0.25, 0.3) is 5.91 Å². The van der Waals surface area contributed by atoms with Crippen LogP contribution in [0.25, 0.3) is 22.3 Å². The highest BCUT2D eigenvalue weighted by Gasteiger charge is 2.14. The Bertz CT molecular complexity index is 1300. The lowest BCUT2D eigenvalue weighted by Crippen LogP contribution is -2.14. The molecule has 3 heterocycles. The molecule has 0 fully saturated rings. The third-order valence-electron chi connectivity index (χ3n) is 5.24. The Morgan fingerprint density at radius 3 is 2.76 bits per heavy atom. The van der Waals surface area contributed by atoms with Gasteiger partial charge in [0.05, 0.1) is 24.7 Å². The number of nitrogens with one attached hydrogen (secondary N) is 2. The van der Waals surface area contributed by atoms with Gasteiger partial charge in [-0.2, -0.15) is 5.10 Å². The first kappa shape index (κ1) is 22.2. The molecule has 9 nitrogen and oxygen atoms in total. The van der Waals surface area contributed by atoms with Crippen LogP contribution in [0.1, 0.15) is 28.7 Å². The molecule has 4 N–H and O–H groups in total. The number of aromatic nitrogens is 4. The van der Waals surface area contributed by atoms with Gasteiger partial charge in [-0.25, -0.2) is 4.98 Å². The Morgan fingerprint density at radius 1 is 1.18 bits per heavy atom. The molecule has 0 spiro atoms. The van der Waals surface area contributed by atoms with Crippen LogP contribution in [0.5, 0.6) is 11.5 Å². The molecular weight excluding hydrogens is 420 g/mol. The second kappa shape index (κ2) is 9.66. The molecule has 1 aromatic carbocycles. The lowest BCUT2D eigenvalue weighted by atomic mass is 10.1. The number of rotatable bonds is 8. The van der Waals surface area contributed by atoms with Crippen LogP contribution in [0.2, 0.25) is 0 Å². The number of nitrogens with zero attached hydrogens (tertiary/aromatic N) is 3. The summed E-state index contributed by atoms with van der Waals surface area (Å²) < 4.78 is 10.9. The van der Waals surface area contributed by atoms with Crippen molar-refractivity contribution in [1.29, 1.82) is 0 Å². The Balaban J connectivity index is 1.61. The van der Waals surface area contributed by atoms with Crippen molar-refractivity contribution >= 4 is 22.6 Å². The van der Waals surface area contributed by atoms with E-state index in [1.807, 2.05) is 25.1 Å². The van der Waals surface area contributed by atoms with Crippen LogP contribution in [0.15, 0.2) is 42.6 Å². The van der Waals surface area contributed by atoms with Gasteiger partial charge in [-0.3, -0.25) is 14.9 Å². The third kappa shape index (κ3) is 4.78. The first-order valence-corrected chi connectivity index (χ1v) is 10.7. The number of methoxy groups -OCH3 is 1. The Morgan fingerprint density at radius 2 is 2.00 bits per heavy atom. The number of ether oxygens (including phenoxy) is 2. The topological polar surface area (TPSA) is 128 Å². The zero-order valence-electron chi connectivity index (χ0n) is 18.8. The molecule has 33 heavy (non-hydrogen) atoms. The summed E-state index contributed by atoms with van der Waals surface area (Å²) in [6.45, 7) is 4.68. The largest absolute Gasteiger partial charge is 0.497 e. The number of amides is 1. The van der Waals surface area contributed by atoms with E-state index in [0.29, 0.717) is 41.5 Å². The van der Waals surface area contributed by atoms with Crippen LogP contribution < -0.4 is 20.5 Å². The summed E-state index contributed by atoms with van der Waals surface area (Å²) in [5.74, 6) is 0.711. The summed E-state index contributed by atoms with van der Waals surface area (Å²) in [5, 5.41) is 11.2. The van der Waals surface area contributed by atoms with Crippen molar-refractivity contribution in [3.63, 3.8) is 0 Å². The van der Waals surface area contributed by atoms with Crippen molar-refractivity contribution in [2.75, 3.05) is 25.6 Å². The quantitative estimate of drug-likeness (QED) is 0.378. The Hall–Kier alpha value is -3.98. The lowest BCUT2D eigenvalue weighted by molar-refractivity contribution is 0.102. The maximum atomic E-state index is 12.9. The number of aromatic amines is 1. The Labute approximate surface area is 191 Å². The van der Waals surface area contributed by atoms with E-state index in [1.165, 1.54) is 7.11 Å². The number of hydrogen-bond acceptors (Lipinski definition) is 7. The molecule has 4 aromatic rings. The SMILES string of the molecule is CCc1[nH]nc2nc(-c3cc(NC(=O)c4cc(OC)cc(OCCN)c4)cnc3C)ccc12. The van der Waals surface area contributed by atoms with Gasteiger partial charge in [-0.15, -0.1) is 0 Å². The molecular formula is C24H26N6O3. The molecule has 1 amide bonds. The number of nitrogens with two attached hydrogens (primary N) is 1. The molecule has 3 aromatic heterocycles. The van der Waals surface area contributed by atoms with E-state index in [1.54, 1.807) is 24.4 Å². The van der Waals surface area contributed by atoms with Crippen molar-refractivity contribution in [3.8, 4) is 22.8 Å². The van der Waals surface area contributed by atoms with E-state index in [9.17, 15) is 4.79 Å². The van der Waals surface area contributed by atoms with Gasteiger partial charge in [0.15, 0.2) is 5.65 Å². The van der Waals surface area contributed by atoms with Crippen molar-refractivity contribution in [2.24, 2.45) is 5.73 Å². The van der Waals surface area contributed by atoms with Crippen LogP contribution in [0.3, 0.4) is 0 Å². The molecule has 0 aliphatic carbocycles. The minimum atomic E-state index is -0.314. The minimum absolute atomic E-state index is 0.314. The van der Waals surface area contributed by atoms with Gasteiger partial charge in [0, 0.05) is 40.5 Å². The fourth-order valence-electron chi connectivity index (χ4n) is 3.51.